The van der Waals surface area contributed by atoms with E-state index in [-0.39, 0.29) is 11.9 Å². The molecule has 1 amide bonds. The minimum Gasteiger partial charge on any atom is -0.466 e. The highest BCUT2D eigenvalue weighted by Gasteiger charge is 2.17. The second-order valence-electron chi connectivity index (χ2n) is 6.32. The van der Waals surface area contributed by atoms with Gasteiger partial charge in [-0.15, -0.1) is 0 Å². The third kappa shape index (κ3) is 3.35. The van der Waals surface area contributed by atoms with Crippen molar-refractivity contribution in [1.29, 1.82) is 0 Å². The fourth-order valence-electron chi connectivity index (χ4n) is 2.98. The zero-order valence-corrected chi connectivity index (χ0v) is 14.6. The van der Waals surface area contributed by atoms with Crippen molar-refractivity contribution in [3.05, 3.63) is 53.0 Å². The van der Waals surface area contributed by atoms with Crippen molar-refractivity contribution in [3.8, 4) is 0 Å². The van der Waals surface area contributed by atoms with Gasteiger partial charge in [-0.05, 0) is 58.0 Å². The number of carbonyl (C=O) groups excluding carboxylic acids is 1. The second-order valence-corrected chi connectivity index (χ2v) is 6.32. The zero-order chi connectivity index (χ0) is 17.3. The predicted molar refractivity (Wildman–Crippen MR) is 95.6 cm³/mol. The monoisotopic (exact) mass is 325 g/mol. The Labute approximate surface area is 142 Å². The number of furan rings is 1. The number of amides is 1. The number of hydrogen-bond acceptors (Lipinski definition) is 4. The van der Waals surface area contributed by atoms with Crippen molar-refractivity contribution in [2.75, 3.05) is 11.6 Å². The molecule has 0 saturated heterocycles. The Bertz CT molecular complexity index is 774. The maximum absolute atomic E-state index is 12.4. The molecule has 0 unspecified atom stereocenters. The molecule has 126 valence electrons. The van der Waals surface area contributed by atoms with Crippen LogP contribution in [0.25, 0.3) is 0 Å². The number of hydrogen-bond donors (Lipinski definition) is 1. The molecular weight excluding hydrogens is 302 g/mol. The Morgan fingerprint density at radius 2 is 1.96 bits per heavy atom. The number of nitrogens with zero attached hydrogens (tertiary/aromatic N) is 2. The number of hydrazone groups is 1. The van der Waals surface area contributed by atoms with Crippen molar-refractivity contribution >= 4 is 17.3 Å². The average molecular weight is 325 g/mol. The normalized spacial score (nSPS) is 15.3. The van der Waals surface area contributed by atoms with Gasteiger partial charge >= 0.3 is 0 Å². The summed E-state index contributed by atoms with van der Waals surface area (Å²) in [5.41, 5.74) is 3.80. The van der Waals surface area contributed by atoms with Crippen LogP contribution in [0.4, 0.5) is 5.69 Å². The summed E-state index contributed by atoms with van der Waals surface area (Å²) in [6.07, 6.45) is 0.989. The molecule has 3 rings (SSSR count). The Morgan fingerprint density at radius 1 is 1.25 bits per heavy atom. The number of benzene rings is 1. The third-order valence-corrected chi connectivity index (χ3v) is 4.30. The van der Waals surface area contributed by atoms with Crippen LogP contribution in [0.2, 0.25) is 0 Å². The lowest BCUT2D eigenvalue weighted by atomic mass is 10.1. The predicted octanol–water partition coefficient (Wildman–Crippen LogP) is 3.97. The first-order valence-electron chi connectivity index (χ1n) is 8.23. The van der Waals surface area contributed by atoms with Gasteiger partial charge in [0.15, 0.2) is 0 Å². The van der Waals surface area contributed by atoms with Gasteiger partial charge in [0.1, 0.15) is 11.5 Å². The first-order valence-corrected chi connectivity index (χ1v) is 8.23. The van der Waals surface area contributed by atoms with E-state index in [1.165, 1.54) is 0 Å². The lowest BCUT2D eigenvalue weighted by molar-refractivity contribution is 0.0939. The van der Waals surface area contributed by atoms with Crippen molar-refractivity contribution in [2.24, 2.45) is 5.10 Å². The molecule has 0 spiro atoms. The van der Waals surface area contributed by atoms with E-state index in [0.717, 1.165) is 41.4 Å². The molecule has 1 atom stereocenters. The Morgan fingerprint density at radius 3 is 2.50 bits per heavy atom. The molecule has 1 aromatic heterocycles. The summed E-state index contributed by atoms with van der Waals surface area (Å²) < 4.78 is 5.54. The van der Waals surface area contributed by atoms with Crippen LogP contribution in [0, 0.1) is 13.8 Å². The van der Waals surface area contributed by atoms with Gasteiger partial charge in [-0.3, -0.25) is 9.80 Å². The maximum Gasteiger partial charge on any atom is 0.251 e. The fraction of sp³-hybridized carbons (Fsp3) is 0.368. The SMILES string of the molecule is CC1=NN(c2ccc(C(=O)N[C@H](C)c3cc(C)oc3C)cc2)CC1. The number of aryl methyl sites for hydroxylation is 2. The summed E-state index contributed by atoms with van der Waals surface area (Å²) in [6, 6.07) is 9.43. The van der Waals surface area contributed by atoms with Crippen LogP contribution < -0.4 is 10.3 Å². The Kier molecular flexibility index (Phi) is 4.42. The summed E-state index contributed by atoms with van der Waals surface area (Å²) in [5.74, 6) is 1.61. The lowest BCUT2D eigenvalue weighted by Crippen LogP contribution is -2.26. The molecule has 1 aliphatic heterocycles. The van der Waals surface area contributed by atoms with Crippen LogP contribution in [-0.2, 0) is 0 Å². The summed E-state index contributed by atoms with van der Waals surface area (Å²) in [4.78, 5) is 12.4. The molecular formula is C19H23N3O2. The maximum atomic E-state index is 12.4. The average Bonchev–Trinajstić information content (AvgIpc) is 3.12. The molecule has 5 heteroatoms. The number of carbonyl (C=O) groups is 1. The first kappa shape index (κ1) is 16.3. The van der Waals surface area contributed by atoms with Gasteiger partial charge in [0.05, 0.1) is 11.7 Å². The van der Waals surface area contributed by atoms with Crippen molar-refractivity contribution in [2.45, 2.75) is 40.2 Å². The molecule has 0 fully saturated rings. The fourth-order valence-corrected chi connectivity index (χ4v) is 2.98. The number of rotatable bonds is 4. The van der Waals surface area contributed by atoms with Gasteiger partial charge in [0.25, 0.3) is 5.91 Å². The van der Waals surface area contributed by atoms with E-state index < -0.39 is 0 Å². The first-order chi connectivity index (χ1) is 11.4. The highest BCUT2D eigenvalue weighted by molar-refractivity contribution is 5.95. The van der Waals surface area contributed by atoms with E-state index in [1.54, 1.807) is 0 Å². The molecule has 0 bridgehead atoms. The van der Waals surface area contributed by atoms with E-state index in [4.69, 9.17) is 4.42 Å². The van der Waals surface area contributed by atoms with Gasteiger partial charge in [-0.1, -0.05) is 0 Å². The van der Waals surface area contributed by atoms with Crippen molar-refractivity contribution < 1.29 is 9.21 Å². The molecule has 1 N–H and O–H groups in total. The quantitative estimate of drug-likeness (QED) is 0.925. The van der Waals surface area contributed by atoms with Gasteiger partial charge < -0.3 is 9.73 Å². The summed E-state index contributed by atoms with van der Waals surface area (Å²) in [5, 5.41) is 9.46. The summed E-state index contributed by atoms with van der Waals surface area (Å²) in [6.45, 7) is 8.71. The summed E-state index contributed by atoms with van der Waals surface area (Å²) in [7, 11) is 0. The van der Waals surface area contributed by atoms with Crippen LogP contribution in [0.3, 0.4) is 0 Å². The van der Waals surface area contributed by atoms with E-state index in [1.807, 2.05) is 63.0 Å². The van der Waals surface area contributed by atoms with Crippen molar-refractivity contribution in [3.63, 3.8) is 0 Å². The smallest absolute Gasteiger partial charge is 0.251 e. The van der Waals surface area contributed by atoms with E-state index in [2.05, 4.69) is 10.4 Å². The topological polar surface area (TPSA) is 57.8 Å². The molecule has 2 heterocycles. The molecule has 0 radical (unpaired) electrons. The molecule has 1 aliphatic rings. The summed E-state index contributed by atoms with van der Waals surface area (Å²) >= 11 is 0. The third-order valence-electron chi connectivity index (χ3n) is 4.30. The van der Waals surface area contributed by atoms with Crippen LogP contribution in [0.1, 0.15) is 53.8 Å². The zero-order valence-electron chi connectivity index (χ0n) is 14.6. The van der Waals surface area contributed by atoms with Crippen LogP contribution >= 0.6 is 0 Å². The molecule has 0 aliphatic carbocycles. The standard InChI is InChI=1S/C19H23N3O2/c1-12-9-10-22(21-12)17-7-5-16(6-8-17)19(23)20-14(3)18-11-13(2)24-15(18)4/h5-8,11,14H,9-10H2,1-4H3,(H,20,23)/t14-/m1/s1. The highest BCUT2D eigenvalue weighted by Crippen LogP contribution is 2.23. The van der Waals surface area contributed by atoms with Crippen molar-refractivity contribution in [1.82, 2.24) is 5.32 Å². The van der Waals surface area contributed by atoms with Gasteiger partial charge in [0.2, 0.25) is 0 Å². The van der Waals surface area contributed by atoms with E-state index in [0.29, 0.717) is 5.56 Å². The van der Waals surface area contributed by atoms with Gasteiger partial charge in [0, 0.05) is 29.8 Å². The number of nitrogens with one attached hydrogen (secondary N) is 1. The molecule has 5 nitrogen and oxygen atoms in total. The van der Waals surface area contributed by atoms with Gasteiger partial charge in [-0.2, -0.15) is 5.10 Å². The molecule has 24 heavy (non-hydrogen) atoms. The Balaban J connectivity index is 1.68. The van der Waals surface area contributed by atoms with Crippen LogP contribution in [0.15, 0.2) is 39.9 Å². The Hall–Kier alpha value is -2.56. The highest BCUT2D eigenvalue weighted by atomic mass is 16.3. The molecule has 0 saturated carbocycles. The molecule has 2 aromatic rings. The largest absolute Gasteiger partial charge is 0.466 e. The lowest BCUT2D eigenvalue weighted by Gasteiger charge is -2.15. The van der Waals surface area contributed by atoms with E-state index in [9.17, 15) is 4.79 Å². The van der Waals surface area contributed by atoms with Crippen LogP contribution in [0.5, 0.6) is 0 Å². The molecule has 1 aromatic carbocycles. The van der Waals surface area contributed by atoms with E-state index >= 15 is 0 Å². The second kappa shape index (κ2) is 6.51. The van der Waals surface area contributed by atoms with Gasteiger partial charge in [-0.25, -0.2) is 0 Å². The minimum atomic E-state index is -0.0968. The minimum absolute atomic E-state index is 0.0894. The number of anilines is 1. The van der Waals surface area contributed by atoms with Crippen LogP contribution in [-0.4, -0.2) is 18.2 Å².